The number of primary amides is 1. The molecule has 14 heteroatoms. The van der Waals surface area contributed by atoms with Gasteiger partial charge in [-0.05, 0) is 56.6 Å². The number of hydrogen-bond acceptors (Lipinski definition) is 11. The predicted octanol–water partition coefficient (Wildman–Crippen LogP) is 2.03. The van der Waals surface area contributed by atoms with Gasteiger partial charge in [0.15, 0.2) is 18.1 Å². The molecular formula is C31H44FN3O8S2. The monoisotopic (exact) mass is 669 g/mol. The number of halogens is 1. The number of rotatable bonds is 13. The summed E-state index contributed by atoms with van der Waals surface area (Å²) in [5.41, 5.74) is 4.91. The van der Waals surface area contributed by atoms with Gasteiger partial charge in [-0.25, -0.2) is 9.18 Å². The number of amides is 2. The summed E-state index contributed by atoms with van der Waals surface area (Å²) in [5, 5.41) is 26.0. The molecule has 45 heavy (non-hydrogen) atoms. The first-order valence-corrected chi connectivity index (χ1v) is 17.8. The molecule has 0 bridgehead atoms. The maximum Gasteiger partial charge on any atom is 0.407 e. The van der Waals surface area contributed by atoms with Gasteiger partial charge in [-0.3, -0.25) is 19.2 Å². The van der Waals surface area contributed by atoms with Gasteiger partial charge in [0, 0.05) is 41.2 Å². The number of carbonyl (C=O) groups excluding carboxylic acids is 5. The molecule has 0 aliphatic heterocycles. The van der Waals surface area contributed by atoms with Gasteiger partial charge in [0.2, 0.25) is 11.7 Å². The Morgan fingerprint density at radius 1 is 1.22 bits per heavy atom. The lowest BCUT2D eigenvalue weighted by molar-refractivity contribution is -0.219. The van der Waals surface area contributed by atoms with Crippen molar-refractivity contribution in [2.75, 3.05) is 31.2 Å². The first-order valence-electron chi connectivity index (χ1n) is 15.3. The molecule has 4 aliphatic carbocycles. The summed E-state index contributed by atoms with van der Waals surface area (Å²) in [6, 6.07) is 0. The number of alkyl halides is 1. The number of allylic oxidation sites excluding steroid dienone is 4. The van der Waals surface area contributed by atoms with Crippen LogP contribution in [0.1, 0.15) is 52.9 Å². The predicted molar refractivity (Wildman–Crippen MR) is 168 cm³/mol. The Hall–Kier alpha value is -2.26. The van der Waals surface area contributed by atoms with E-state index in [1.807, 2.05) is 0 Å². The van der Waals surface area contributed by atoms with E-state index in [2.05, 4.69) is 5.32 Å². The molecule has 0 spiro atoms. The summed E-state index contributed by atoms with van der Waals surface area (Å²) in [5.74, 6) is -3.29. The molecule has 0 aromatic heterocycles. The van der Waals surface area contributed by atoms with Crippen molar-refractivity contribution < 1.29 is 43.3 Å². The van der Waals surface area contributed by atoms with Crippen molar-refractivity contribution in [1.29, 1.82) is 0 Å². The van der Waals surface area contributed by atoms with Gasteiger partial charge in [0.25, 0.3) is 0 Å². The molecule has 3 saturated carbocycles. The SMILES string of the molecule is C[C@@H]1C[C@H]2[C@@H]3CCC4=CC(=O)C=C[C@]4(C)[C@@]3(F)[C@@H](O)C[C@]2(C)[C@@]1(O)C(=O)COC(=O)NCCSSCC(CC(=O)CN)C(N)=O. The molecule has 0 heterocycles. The van der Waals surface area contributed by atoms with Gasteiger partial charge < -0.3 is 31.7 Å². The van der Waals surface area contributed by atoms with Crippen molar-refractivity contribution in [2.24, 2.45) is 46.0 Å². The number of aliphatic hydroxyl groups is 2. The van der Waals surface area contributed by atoms with Crippen LogP contribution in [0.25, 0.3) is 0 Å². The molecule has 0 aromatic rings. The van der Waals surface area contributed by atoms with Crippen LogP contribution in [0.3, 0.4) is 0 Å². The number of carbonyl (C=O) groups is 5. The van der Waals surface area contributed by atoms with E-state index in [4.69, 9.17) is 16.2 Å². The number of nitrogens with one attached hydrogen (secondary N) is 1. The van der Waals surface area contributed by atoms with Crippen LogP contribution in [0.15, 0.2) is 23.8 Å². The molecule has 0 aromatic carbocycles. The molecular weight excluding hydrogens is 625 g/mol. The molecule has 1 unspecified atom stereocenters. The second-order valence-corrected chi connectivity index (χ2v) is 15.9. The number of ketones is 3. The van der Waals surface area contributed by atoms with Gasteiger partial charge in [-0.1, -0.05) is 47.1 Å². The van der Waals surface area contributed by atoms with Crippen molar-refractivity contribution in [3.05, 3.63) is 23.8 Å². The standard InChI is InChI=1S/C31H44FN3O8S2/c1-17-10-23-22-5-4-19-12-20(36)6-7-28(19,2)30(22,32)24(38)13-29(23,3)31(17,42)25(39)15-43-27(41)35-8-9-44-45-16-18(26(34)40)11-21(37)14-33/h6-7,12,17-18,22-24,38,42H,4-5,8-11,13-16,33H2,1-3H3,(H2,34,40)(H,35,41)/t17-,18?,22+,23+,24+,28+,29+,30+,31+/m1/s1. The molecule has 3 fully saturated rings. The topological polar surface area (TPSA) is 199 Å². The second-order valence-electron chi connectivity index (χ2n) is 13.2. The van der Waals surface area contributed by atoms with Crippen molar-refractivity contribution >= 4 is 50.9 Å². The van der Waals surface area contributed by atoms with Gasteiger partial charge >= 0.3 is 6.09 Å². The van der Waals surface area contributed by atoms with E-state index in [1.54, 1.807) is 26.8 Å². The lowest BCUT2D eigenvalue weighted by atomic mass is 9.44. The van der Waals surface area contributed by atoms with Crippen LogP contribution >= 0.6 is 21.6 Å². The highest BCUT2D eigenvalue weighted by molar-refractivity contribution is 8.76. The maximum absolute atomic E-state index is 17.3. The fraction of sp³-hybridized carbons (Fsp3) is 0.710. The van der Waals surface area contributed by atoms with E-state index in [0.29, 0.717) is 36.3 Å². The third-order valence-corrected chi connectivity index (χ3v) is 13.4. The van der Waals surface area contributed by atoms with E-state index in [1.165, 1.54) is 33.7 Å². The molecule has 9 atom stereocenters. The van der Waals surface area contributed by atoms with E-state index in [-0.39, 0.29) is 37.5 Å². The Morgan fingerprint density at radius 3 is 2.60 bits per heavy atom. The van der Waals surface area contributed by atoms with E-state index in [9.17, 15) is 34.2 Å². The summed E-state index contributed by atoms with van der Waals surface area (Å²) < 4.78 is 22.5. The highest BCUT2D eigenvalue weighted by Crippen LogP contribution is 2.70. The largest absolute Gasteiger partial charge is 0.441 e. The van der Waals surface area contributed by atoms with Gasteiger partial charge in [0.05, 0.1) is 18.6 Å². The van der Waals surface area contributed by atoms with Crippen molar-refractivity contribution in [1.82, 2.24) is 5.32 Å². The fourth-order valence-corrected chi connectivity index (χ4v) is 10.6. The normalized spacial score (nSPS) is 37.5. The van der Waals surface area contributed by atoms with Crippen LogP contribution in [0.2, 0.25) is 0 Å². The highest BCUT2D eigenvalue weighted by atomic mass is 33.1. The third-order valence-electron chi connectivity index (χ3n) is 10.9. The van der Waals surface area contributed by atoms with Crippen LogP contribution in [-0.4, -0.2) is 88.1 Å². The van der Waals surface area contributed by atoms with Crippen molar-refractivity contribution in [2.45, 2.75) is 70.2 Å². The Kier molecular flexibility index (Phi) is 10.6. The molecule has 11 nitrogen and oxygen atoms in total. The number of nitrogens with two attached hydrogens (primary N) is 2. The highest BCUT2D eigenvalue weighted by Gasteiger charge is 2.75. The fourth-order valence-electron chi connectivity index (χ4n) is 8.42. The summed E-state index contributed by atoms with van der Waals surface area (Å²) in [6.07, 6.45) is 3.04. The maximum atomic E-state index is 17.3. The van der Waals surface area contributed by atoms with E-state index < -0.39 is 76.3 Å². The van der Waals surface area contributed by atoms with Crippen LogP contribution in [0, 0.1) is 34.5 Å². The van der Waals surface area contributed by atoms with Gasteiger partial charge in [-0.15, -0.1) is 0 Å². The molecule has 4 rings (SSSR count). The third kappa shape index (κ3) is 6.13. The van der Waals surface area contributed by atoms with Crippen molar-refractivity contribution in [3.63, 3.8) is 0 Å². The first kappa shape index (κ1) is 35.6. The number of ether oxygens (including phenoxy) is 1. The van der Waals surface area contributed by atoms with E-state index >= 15 is 4.39 Å². The Labute approximate surface area is 270 Å². The zero-order valence-corrected chi connectivity index (χ0v) is 27.5. The van der Waals surface area contributed by atoms with Crippen molar-refractivity contribution in [3.8, 4) is 0 Å². The van der Waals surface area contributed by atoms with Crippen LogP contribution in [-0.2, 0) is 23.9 Å². The molecule has 4 aliphatic rings. The lowest BCUT2D eigenvalue weighted by Crippen LogP contribution is -2.69. The van der Waals surface area contributed by atoms with Gasteiger partial charge in [0.1, 0.15) is 11.4 Å². The Bertz CT molecular complexity index is 1300. The van der Waals surface area contributed by atoms with Crippen LogP contribution in [0.4, 0.5) is 9.18 Å². The zero-order chi connectivity index (χ0) is 33.4. The minimum Gasteiger partial charge on any atom is -0.441 e. The summed E-state index contributed by atoms with van der Waals surface area (Å²) in [7, 11) is 2.68. The molecule has 7 N–H and O–H groups in total. The Morgan fingerprint density at radius 2 is 1.93 bits per heavy atom. The summed E-state index contributed by atoms with van der Waals surface area (Å²) >= 11 is 0. The number of alkyl carbamates (subject to hydrolysis) is 1. The second kappa shape index (κ2) is 13.5. The number of aliphatic hydroxyl groups excluding tert-OH is 1. The molecule has 250 valence electrons. The summed E-state index contributed by atoms with van der Waals surface area (Å²) in [6.45, 7) is 4.50. The average Bonchev–Trinajstić information content (AvgIpc) is 3.19. The minimum atomic E-state index is -2.08. The quantitative estimate of drug-likeness (QED) is 0.142. The number of hydrogen-bond donors (Lipinski definition) is 5. The molecule has 0 saturated heterocycles. The molecule has 2 amide bonds. The van der Waals surface area contributed by atoms with Crippen LogP contribution in [0.5, 0.6) is 0 Å². The lowest BCUT2D eigenvalue weighted by Gasteiger charge is -2.62. The van der Waals surface area contributed by atoms with Gasteiger partial charge in [-0.2, -0.15) is 0 Å². The first-order chi connectivity index (χ1) is 21.1. The number of fused-ring (bicyclic) bond motifs is 5. The van der Waals surface area contributed by atoms with Crippen LogP contribution < -0.4 is 16.8 Å². The van der Waals surface area contributed by atoms with E-state index in [0.717, 1.165) is 0 Å². The number of Topliss-reactive ketones (excluding diaryl/α,β-unsaturated/α-hetero) is 2. The molecule has 0 radical (unpaired) electrons. The zero-order valence-electron chi connectivity index (χ0n) is 25.9. The minimum absolute atomic E-state index is 0.0197. The smallest absolute Gasteiger partial charge is 0.407 e. The average molecular weight is 670 g/mol. The Balaban J connectivity index is 1.33. The summed E-state index contributed by atoms with van der Waals surface area (Å²) in [4.78, 5) is 61.0.